The molecule has 0 aliphatic heterocycles. The molecule has 0 saturated carbocycles. The van der Waals surface area contributed by atoms with Crippen molar-refractivity contribution >= 4 is 11.6 Å². The largest absolute Gasteiger partial charge is 0.198 e. The fourth-order valence-corrected chi connectivity index (χ4v) is 1.16. The minimum absolute atomic E-state index is 0.183. The molecule has 0 fully saturated rings. The van der Waals surface area contributed by atoms with Crippen molar-refractivity contribution in [1.82, 2.24) is 0 Å². The van der Waals surface area contributed by atoms with Gasteiger partial charge in [0, 0.05) is 10.6 Å². The Bertz CT molecular complexity index is 371. The lowest BCUT2D eigenvalue weighted by Gasteiger charge is -1.99. The van der Waals surface area contributed by atoms with Gasteiger partial charge in [-0.15, -0.1) is 0 Å². The van der Waals surface area contributed by atoms with Gasteiger partial charge in [-0.25, -0.2) is 0 Å². The van der Waals surface area contributed by atoms with E-state index in [0.29, 0.717) is 16.1 Å². The van der Waals surface area contributed by atoms with E-state index in [4.69, 9.17) is 22.1 Å². The van der Waals surface area contributed by atoms with Crippen LogP contribution >= 0.6 is 11.6 Å². The molecule has 3 heteroatoms. The molecule has 0 radical (unpaired) electrons. The highest BCUT2D eigenvalue weighted by Crippen LogP contribution is 2.19. The van der Waals surface area contributed by atoms with Gasteiger partial charge in [-0.1, -0.05) is 17.7 Å². The van der Waals surface area contributed by atoms with Crippen molar-refractivity contribution in [1.29, 1.82) is 10.5 Å². The molecular weight excluding hydrogens is 172 g/mol. The van der Waals surface area contributed by atoms with Crippen LogP contribution in [-0.4, -0.2) is 0 Å². The normalized spacial score (nSPS) is 8.58. The van der Waals surface area contributed by atoms with Crippen LogP contribution in [0.4, 0.5) is 0 Å². The second-order valence-corrected chi connectivity index (χ2v) is 2.62. The fraction of sp³-hybridized carbons (Fsp3) is 0.111. The standard InChI is InChI=1S/C9H5ClN2/c10-9-3-1-2-7(6-12)8(9)4-5-11/h1-3H,4H2. The minimum atomic E-state index is 0.183. The molecule has 0 atom stereocenters. The molecule has 0 aliphatic rings. The number of hydrogen-bond donors (Lipinski definition) is 0. The van der Waals surface area contributed by atoms with E-state index in [1.807, 2.05) is 12.1 Å². The van der Waals surface area contributed by atoms with Crippen LogP contribution < -0.4 is 0 Å². The van der Waals surface area contributed by atoms with Crippen molar-refractivity contribution in [2.24, 2.45) is 0 Å². The monoisotopic (exact) mass is 176 g/mol. The second-order valence-electron chi connectivity index (χ2n) is 2.21. The molecule has 0 heterocycles. The van der Waals surface area contributed by atoms with Gasteiger partial charge in [-0.2, -0.15) is 10.5 Å². The Kier molecular flexibility index (Phi) is 2.69. The Morgan fingerprint density at radius 3 is 2.67 bits per heavy atom. The molecule has 0 N–H and O–H groups in total. The Morgan fingerprint density at radius 2 is 2.08 bits per heavy atom. The van der Waals surface area contributed by atoms with Gasteiger partial charge < -0.3 is 0 Å². The summed E-state index contributed by atoms with van der Waals surface area (Å²) < 4.78 is 0. The lowest BCUT2D eigenvalue weighted by atomic mass is 10.1. The predicted octanol–water partition coefficient (Wildman–Crippen LogP) is 2.28. The summed E-state index contributed by atoms with van der Waals surface area (Å²) in [6.07, 6.45) is 0.183. The summed E-state index contributed by atoms with van der Waals surface area (Å²) in [6, 6.07) is 8.97. The van der Waals surface area contributed by atoms with E-state index in [9.17, 15) is 0 Å². The number of rotatable bonds is 1. The van der Waals surface area contributed by atoms with E-state index in [1.54, 1.807) is 18.2 Å². The number of hydrogen-bond acceptors (Lipinski definition) is 2. The minimum Gasteiger partial charge on any atom is -0.198 e. The van der Waals surface area contributed by atoms with E-state index in [1.165, 1.54) is 0 Å². The van der Waals surface area contributed by atoms with E-state index < -0.39 is 0 Å². The lowest BCUT2D eigenvalue weighted by molar-refractivity contribution is 1.24. The SMILES string of the molecule is N#CCc1c(Cl)cccc1C#N. The van der Waals surface area contributed by atoms with Gasteiger partial charge in [0.15, 0.2) is 0 Å². The smallest absolute Gasteiger partial charge is 0.0995 e. The maximum absolute atomic E-state index is 8.65. The lowest BCUT2D eigenvalue weighted by Crippen LogP contribution is -1.88. The predicted molar refractivity (Wildman–Crippen MR) is 45.5 cm³/mol. The first-order chi connectivity index (χ1) is 5.79. The van der Waals surface area contributed by atoms with Gasteiger partial charge in [0.05, 0.1) is 24.1 Å². The molecule has 0 saturated heterocycles. The van der Waals surface area contributed by atoms with Crippen LogP contribution in [0, 0.1) is 22.7 Å². The zero-order valence-electron chi connectivity index (χ0n) is 6.21. The summed E-state index contributed by atoms with van der Waals surface area (Å²) in [6.45, 7) is 0. The number of halogens is 1. The maximum Gasteiger partial charge on any atom is 0.0995 e. The van der Waals surface area contributed by atoms with Crippen LogP contribution in [0.5, 0.6) is 0 Å². The third-order valence-corrected chi connectivity index (χ3v) is 1.85. The van der Waals surface area contributed by atoms with E-state index in [2.05, 4.69) is 0 Å². The van der Waals surface area contributed by atoms with Crippen molar-refractivity contribution in [3.05, 3.63) is 34.3 Å². The van der Waals surface area contributed by atoms with Crippen molar-refractivity contribution in [2.45, 2.75) is 6.42 Å². The van der Waals surface area contributed by atoms with Crippen LogP contribution in [0.3, 0.4) is 0 Å². The molecule has 1 aromatic rings. The molecule has 1 rings (SSSR count). The molecule has 12 heavy (non-hydrogen) atoms. The van der Waals surface area contributed by atoms with Gasteiger partial charge in [-0.3, -0.25) is 0 Å². The summed E-state index contributed by atoms with van der Waals surface area (Å²) in [5.41, 5.74) is 1.09. The molecule has 2 nitrogen and oxygen atoms in total. The highest BCUT2D eigenvalue weighted by atomic mass is 35.5. The molecule has 0 bridgehead atoms. The molecule has 0 spiro atoms. The molecule has 58 valence electrons. The molecular formula is C9H5ClN2. The third kappa shape index (κ3) is 1.56. The van der Waals surface area contributed by atoms with Gasteiger partial charge in [0.25, 0.3) is 0 Å². The van der Waals surface area contributed by atoms with Crippen LogP contribution in [0.25, 0.3) is 0 Å². The molecule has 0 aromatic heterocycles. The number of benzene rings is 1. The van der Waals surface area contributed by atoms with Gasteiger partial charge in [-0.05, 0) is 12.1 Å². The average Bonchev–Trinajstić information content (AvgIpc) is 2.09. The van der Waals surface area contributed by atoms with Crippen LogP contribution in [0.15, 0.2) is 18.2 Å². The van der Waals surface area contributed by atoms with Crippen molar-refractivity contribution < 1.29 is 0 Å². The first-order valence-corrected chi connectivity index (χ1v) is 3.72. The van der Waals surface area contributed by atoms with Crippen LogP contribution in [-0.2, 0) is 6.42 Å². The summed E-state index contributed by atoms with van der Waals surface area (Å²) in [5.74, 6) is 0. The molecule has 1 aromatic carbocycles. The van der Waals surface area contributed by atoms with E-state index >= 15 is 0 Å². The highest BCUT2D eigenvalue weighted by molar-refractivity contribution is 6.31. The second kappa shape index (κ2) is 3.76. The van der Waals surface area contributed by atoms with E-state index in [-0.39, 0.29) is 6.42 Å². The zero-order chi connectivity index (χ0) is 8.97. The van der Waals surface area contributed by atoms with Crippen LogP contribution in [0.2, 0.25) is 5.02 Å². The van der Waals surface area contributed by atoms with Gasteiger partial charge in [0.1, 0.15) is 0 Å². The third-order valence-electron chi connectivity index (χ3n) is 1.50. The highest BCUT2D eigenvalue weighted by Gasteiger charge is 2.04. The molecule has 0 amide bonds. The Balaban J connectivity index is 3.24. The van der Waals surface area contributed by atoms with Crippen molar-refractivity contribution in [3.8, 4) is 12.1 Å². The average molecular weight is 177 g/mol. The Hall–Kier alpha value is -1.51. The maximum atomic E-state index is 8.65. The number of nitrogens with zero attached hydrogens (tertiary/aromatic N) is 2. The summed E-state index contributed by atoms with van der Waals surface area (Å²) in [5, 5.41) is 17.6. The first kappa shape index (κ1) is 8.59. The first-order valence-electron chi connectivity index (χ1n) is 3.34. The van der Waals surface area contributed by atoms with Crippen LogP contribution in [0.1, 0.15) is 11.1 Å². The quantitative estimate of drug-likeness (QED) is 0.659. The summed E-state index contributed by atoms with van der Waals surface area (Å²) in [7, 11) is 0. The van der Waals surface area contributed by atoms with Crippen molar-refractivity contribution in [3.63, 3.8) is 0 Å². The Morgan fingerprint density at radius 1 is 1.33 bits per heavy atom. The van der Waals surface area contributed by atoms with E-state index in [0.717, 1.165) is 0 Å². The summed E-state index contributed by atoms with van der Waals surface area (Å²) >= 11 is 5.78. The number of nitriles is 2. The molecule has 0 aliphatic carbocycles. The van der Waals surface area contributed by atoms with Gasteiger partial charge in [0.2, 0.25) is 0 Å². The molecule has 0 unspecified atom stereocenters. The zero-order valence-corrected chi connectivity index (χ0v) is 6.97. The van der Waals surface area contributed by atoms with Gasteiger partial charge >= 0.3 is 0 Å². The fourth-order valence-electron chi connectivity index (χ4n) is 0.922. The van der Waals surface area contributed by atoms with Crippen molar-refractivity contribution in [2.75, 3.05) is 0 Å². The topological polar surface area (TPSA) is 47.6 Å². The summed E-state index contributed by atoms with van der Waals surface area (Å²) in [4.78, 5) is 0. The Labute approximate surface area is 75.6 Å².